The molecular weight excluding hydrogens is 388 g/mol. The second-order valence-corrected chi connectivity index (χ2v) is 9.67. The highest BCUT2D eigenvalue weighted by Gasteiger charge is 2.49. The zero-order valence-corrected chi connectivity index (χ0v) is 16.9. The van der Waals surface area contributed by atoms with E-state index in [1.165, 1.54) is 15.9 Å². The van der Waals surface area contributed by atoms with Crippen LogP contribution in [0.5, 0.6) is 0 Å². The molecule has 1 fully saturated rings. The first-order chi connectivity index (χ1) is 13.8. The summed E-state index contributed by atoms with van der Waals surface area (Å²) in [6, 6.07) is 14.1. The summed E-state index contributed by atoms with van der Waals surface area (Å²) in [5.41, 5.74) is 3.04. The van der Waals surface area contributed by atoms with Gasteiger partial charge in [-0.2, -0.15) is 0 Å². The van der Waals surface area contributed by atoms with Gasteiger partial charge in [-0.1, -0.05) is 35.9 Å². The van der Waals surface area contributed by atoms with Gasteiger partial charge in [-0.05, 0) is 37.1 Å². The summed E-state index contributed by atoms with van der Waals surface area (Å²) in [6.45, 7) is 1.91. The van der Waals surface area contributed by atoms with Gasteiger partial charge in [0, 0.05) is 24.5 Å². The minimum Gasteiger partial charge on any atom is -0.285 e. The molecule has 2 atom stereocenters. The van der Waals surface area contributed by atoms with E-state index in [9.17, 15) is 18.0 Å². The number of carbonyl (C=O) groups excluding carboxylic acids is 2. The summed E-state index contributed by atoms with van der Waals surface area (Å²) in [4.78, 5) is 26.5. The van der Waals surface area contributed by atoms with Crippen LogP contribution >= 0.6 is 0 Å². The van der Waals surface area contributed by atoms with Gasteiger partial charge in [0.2, 0.25) is 11.8 Å². The SMILES string of the molecule is Cc1ccc(S(=O)(=O)n2c3c(c4ccccc42)C[C@H]2C(=O)N(C)C(=O)[C@H]2C3)cc1. The second kappa shape index (κ2) is 6.03. The first kappa shape index (κ1) is 18.1. The molecule has 0 spiro atoms. The molecule has 1 aliphatic carbocycles. The summed E-state index contributed by atoms with van der Waals surface area (Å²) in [5, 5.41) is 0.825. The van der Waals surface area contributed by atoms with Gasteiger partial charge >= 0.3 is 0 Å². The summed E-state index contributed by atoms with van der Waals surface area (Å²) >= 11 is 0. The predicted octanol–water partition coefficient (Wildman–Crippen LogP) is 2.52. The van der Waals surface area contributed by atoms with E-state index < -0.39 is 21.9 Å². The van der Waals surface area contributed by atoms with E-state index in [2.05, 4.69) is 0 Å². The number of likely N-dealkylation sites (tertiary alicyclic amines) is 1. The molecule has 2 aliphatic rings. The molecule has 1 saturated heterocycles. The highest BCUT2D eigenvalue weighted by molar-refractivity contribution is 7.90. The Balaban J connectivity index is 1.76. The van der Waals surface area contributed by atoms with Gasteiger partial charge in [0.15, 0.2) is 0 Å². The number of carbonyl (C=O) groups is 2. The topological polar surface area (TPSA) is 76.5 Å². The van der Waals surface area contributed by atoms with Crippen molar-refractivity contribution in [3.8, 4) is 0 Å². The number of para-hydroxylation sites is 1. The van der Waals surface area contributed by atoms with Crippen LogP contribution in [0.1, 0.15) is 16.8 Å². The smallest absolute Gasteiger partial charge is 0.268 e. The average molecular weight is 408 g/mol. The average Bonchev–Trinajstić information content (AvgIpc) is 3.15. The lowest BCUT2D eigenvalue weighted by Crippen LogP contribution is -2.29. The van der Waals surface area contributed by atoms with Crippen LogP contribution in [0.4, 0.5) is 0 Å². The van der Waals surface area contributed by atoms with Gasteiger partial charge in [0.1, 0.15) is 0 Å². The predicted molar refractivity (Wildman–Crippen MR) is 108 cm³/mol. The van der Waals surface area contributed by atoms with Crippen LogP contribution in [-0.4, -0.2) is 36.2 Å². The second-order valence-electron chi connectivity index (χ2n) is 7.88. The van der Waals surface area contributed by atoms with E-state index in [0.717, 1.165) is 16.5 Å². The van der Waals surface area contributed by atoms with Crippen molar-refractivity contribution in [2.24, 2.45) is 11.8 Å². The lowest BCUT2D eigenvalue weighted by Gasteiger charge is -2.23. The Kier molecular flexibility index (Phi) is 3.77. The van der Waals surface area contributed by atoms with Crippen molar-refractivity contribution in [3.63, 3.8) is 0 Å². The highest BCUT2D eigenvalue weighted by atomic mass is 32.2. The van der Waals surface area contributed by atoms with Crippen LogP contribution in [0.25, 0.3) is 10.9 Å². The zero-order chi connectivity index (χ0) is 20.5. The maximum atomic E-state index is 13.6. The standard InChI is InChI=1S/C22H20N2O4S/c1-13-7-9-14(10-8-13)29(27,28)24-19-6-4-3-5-15(19)16-11-17-18(12-20(16)24)22(26)23(2)21(17)25/h3-10,17-18H,11-12H2,1-2H3/t17-,18+/m1/s1. The Morgan fingerprint density at radius 1 is 0.897 bits per heavy atom. The fourth-order valence-corrected chi connectivity index (χ4v) is 6.27. The lowest BCUT2D eigenvalue weighted by atomic mass is 9.79. The molecule has 0 radical (unpaired) electrons. The largest absolute Gasteiger partial charge is 0.285 e. The summed E-state index contributed by atoms with van der Waals surface area (Å²) in [6.07, 6.45) is 0.626. The first-order valence-electron chi connectivity index (χ1n) is 9.55. The number of hydrogen-bond donors (Lipinski definition) is 0. The van der Waals surface area contributed by atoms with Crippen LogP contribution in [0, 0.1) is 18.8 Å². The molecule has 5 rings (SSSR count). The molecule has 148 valence electrons. The van der Waals surface area contributed by atoms with Crippen molar-refractivity contribution in [1.29, 1.82) is 0 Å². The van der Waals surface area contributed by atoms with E-state index in [-0.39, 0.29) is 23.1 Å². The molecule has 0 saturated carbocycles. The molecule has 1 aromatic heterocycles. The number of fused-ring (bicyclic) bond motifs is 4. The maximum Gasteiger partial charge on any atom is 0.268 e. The minimum absolute atomic E-state index is 0.177. The quantitative estimate of drug-likeness (QED) is 0.611. The maximum absolute atomic E-state index is 13.6. The molecule has 1 aliphatic heterocycles. The van der Waals surface area contributed by atoms with Crippen molar-refractivity contribution < 1.29 is 18.0 Å². The number of imide groups is 1. The Labute approximate surface area is 168 Å². The zero-order valence-electron chi connectivity index (χ0n) is 16.1. The Bertz CT molecular complexity index is 1290. The molecule has 2 amide bonds. The van der Waals surface area contributed by atoms with Crippen molar-refractivity contribution in [2.45, 2.75) is 24.7 Å². The third kappa shape index (κ3) is 2.43. The first-order valence-corrected chi connectivity index (χ1v) is 11.0. The molecule has 6 nitrogen and oxygen atoms in total. The number of hydrogen-bond acceptors (Lipinski definition) is 4. The van der Waals surface area contributed by atoms with Gasteiger partial charge < -0.3 is 0 Å². The molecule has 0 unspecified atom stereocenters. The van der Waals surface area contributed by atoms with E-state index in [1.807, 2.05) is 19.1 Å². The molecule has 0 N–H and O–H groups in total. The van der Waals surface area contributed by atoms with Crippen LogP contribution in [0.3, 0.4) is 0 Å². The fraction of sp³-hybridized carbons (Fsp3) is 0.273. The van der Waals surface area contributed by atoms with Crippen LogP contribution in [0.2, 0.25) is 0 Å². The molecule has 29 heavy (non-hydrogen) atoms. The van der Waals surface area contributed by atoms with E-state index >= 15 is 0 Å². The lowest BCUT2D eigenvalue weighted by molar-refractivity contribution is -0.138. The monoisotopic (exact) mass is 408 g/mol. The fourth-order valence-electron chi connectivity index (χ4n) is 4.69. The Hall–Kier alpha value is -2.93. The molecule has 0 bridgehead atoms. The molecular formula is C22H20N2O4S. The molecule has 2 aromatic carbocycles. The highest BCUT2D eigenvalue weighted by Crippen LogP contribution is 2.42. The Morgan fingerprint density at radius 3 is 2.21 bits per heavy atom. The van der Waals surface area contributed by atoms with E-state index in [4.69, 9.17) is 0 Å². The molecule has 2 heterocycles. The third-order valence-corrected chi connectivity index (χ3v) is 7.98. The van der Waals surface area contributed by atoms with Gasteiger partial charge in [-0.3, -0.25) is 14.5 Å². The van der Waals surface area contributed by atoms with Crippen molar-refractivity contribution >= 4 is 32.7 Å². The van der Waals surface area contributed by atoms with Crippen molar-refractivity contribution in [3.05, 3.63) is 65.4 Å². The van der Waals surface area contributed by atoms with Crippen LogP contribution in [0.15, 0.2) is 53.4 Å². The number of amides is 2. The van der Waals surface area contributed by atoms with Crippen LogP contribution in [-0.2, 0) is 32.5 Å². The summed E-state index contributed by atoms with van der Waals surface area (Å²) in [7, 11) is -2.34. The van der Waals surface area contributed by atoms with Crippen molar-refractivity contribution in [2.75, 3.05) is 7.05 Å². The summed E-state index contributed by atoms with van der Waals surface area (Å²) < 4.78 is 28.6. The summed E-state index contributed by atoms with van der Waals surface area (Å²) in [5.74, 6) is -1.32. The number of nitrogens with zero attached hydrogens (tertiary/aromatic N) is 2. The normalized spacial score (nSPS) is 21.5. The number of aryl methyl sites for hydroxylation is 1. The van der Waals surface area contributed by atoms with Gasteiger partial charge in [0.25, 0.3) is 10.0 Å². The van der Waals surface area contributed by atoms with Gasteiger partial charge in [-0.15, -0.1) is 0 Å². The number of rotatable bonds is 2. The third-order valence-electron chi connectivity index (χ3n) is 6.22. The van der Waals surface area contributed by atoms with E-state index in [1.54, 1.807) is 36.4 Å². The minimum atomic E-state index is -3.85. The van der Waals surface area contributed by atoms with Gasteiger partial charge in [0.05, 0.1) is 22.2 Å². The number of aromatic nitrogens is 1. The van der Waals surface area contributed by atoms with Crippen molar-refractivity contribution in [1.82, 2.24) is 8.87 Å². The van der Waals surface area contributed by atoms with Gasteiger partial charge in [-0.25, -0.2) is 12.4 Å². The Morgan fingerprint density at radius 2 is 1.52 bits per heavy atom. The molecule has 3 aromatic rings. The molecule has 7 heteroatoms. The van der Waals surface area contributed by atoms with Crippen LogP contribution < -0.4 is 0 Å². The van der Waals surface area contributed by atoms with E-state index in [0.29, 0.717) is 17.6 Å². The number of benzene rings is 2.